The third-order valence-corrected chi connectivity index (χ3v) is 7.07. The van der Waals surface area contributed by atoms with Gasteiger partial charge in [-0.1, -0.05) is 23.7 Å². The first-order valence-electron chi connectivity index (χ1n) is 10.9. The predicted molar refractivity (Wildman–Crippen MR) is 135 cm³/mol. The van der Waals surface area contributed by atoms with Crippen molar-refractivity contribution in [3.63, 3.8) is 0 Å². The molecule has 1 aliphatic rings. The molecule has 1 N–H and O–H groups in total. The molecule has 1 aliphatic carbocycles. The standard InChI is InChI=1S/C27H19ClN4O2S/c28-21-9-10-24(34-16-18-7-5-17(13-29)6-8-18)19(12-21)11-20(14-30)26(33)32-27-23(15-31)22-3-1-2-4-25(22)35-27/h5-12H,1-4,16H2,(H,32,33)/b20-11+. The summed E-state index contributed by atoms with van der Waals surface area (Å²) in [5, 5.41) is 31.9. The van der Waals surface area contributed by atoms with E-state index >= 15 is 0 Å². The first-order chi connectivity index (χ1) is 17.0. The Morgan fingerprint density at radius 1 is 1.09 bits per heavy atom. The lowest BCUT2D eigenvalue weighted by molar-refractivity contribution is -0.112. The van der Waals surface area contributed by atoms with Crippen molar-refractivity contribution >= 4 is 39.9 Å². The van der Waals surface area contributed by atoms with Gasteiger partial charge in [-0.25, -0.2) is 0 Å². The molecule has 0 spiro atoms. The van der Waals surface area contributed by atoms with Crippen molar-refractivity contribution in [2.75, 3.05) is 5.32 Å². The van der Waals surface area contributed by atoms with Gasteiger partial charge in [-0.05, 0) is 73.2 Å². The van der Waals surface area contributed by atoms with Crippen molar-refractivity contribution < 1.29 is 9.53 Å². The summed E-state index contributed by atoms with van der Waals surface area (Å²) in [5.41, 5.74) is 3.26. The van der Waals surface area contributed by atoms with Gasteiger partial charge in [0.05, 0.1) is 17.2 Å². The average molecular weight is 499 g/mol. The van der Waals surface area contributed by atoms with Crippen LogP contribution in [0, 0.1) is 34.0 Å². The van der Waals surface area contributed by atoms with Gasteiger partial charge in [-0.3, -0.25) is 4.79 Å². The molecule has 0 unspecified atom stereocenters. The van der Waals surface area contributed by atoms with E-state index < -0.39 is 5.91 Å². The number of hydrogen-bond donors (Lipinski definition) is 1. The molecular weight excluding hydrogens is 480 g/mol. The number of ether oxygens (including phenoxy) is 1. The molecule has 0 bridgehead atoms. The molecule has 35 heavy (non-hydrogen) atoms. The van der Waals surface area contributed by atoms with E-state index in [1.165, 1.54) is 17.4 Å². The summed E-state index contributed by atoms with van der Waals surface area (Å²) in [4.78, 5) is 14.1. The first kappa shape index (κ1) is 24.0. The smallest absolute Gasteiger partial charge is 0.266 e. The van der Waals surface area contributed by atoms with E-state index in [1.807, 2.05) is 6.07 Å². The van der Waals surface area contributed by atoms with E-state index in [9.17, 15) is 15.3 Å². The van der Waals surface area contributed by atoms with Gasteiger partial charge in [0.2, 0.25) is 0 Å². The van der Waals surface area contributed by atoms with Crippen LogP contribution in [0.5, 0.6) is 5.75 Å². The minimum atomic E-state index is -0.597. The summed E-state index contributed by atoms with van der Waals surface area (Å²) in [5.74, 6) is -0.149. The summed E-state index contributed by atoms with van der Waals surface area (Å²) < 4.78 is 5.92. The van der Waals surface area contributed by atoms with Crippen LogP contribution in [0.1, 0.15) is 45.5 Å². The fourth-order valence-corrected chi connectivity index (χ4v) is 5.26. The van der Waals surface area contributed by atoms with E-state index in [0.717, 1.165) is 41.7 Å². The van der Waals surface area contributed by atoms with E-state index in [-0.39, 0.29) is 12.2 Å². The molecule has 4 rings (SSSR count). The van der Waals surface area contributed by atoms with E-state index in [0.29, 0.717) is 32.5 Å². The Morgan fingerprint density at radius 2 is 1.86 bits per heavy atom. The van der Waals surface area contributed by atoms with Gasteiger partial charge in [-0.2, -0.15) is 15.8 Å². The van der Waals surface area contributed by atoms with Crippen molar-refractivity contribution in [2.24, 2.45) is 0 Å². The van der Waals surface area contributed by atoms with E-state index in [4.69, 9.17) is 21.6 Å². The molecule has 0 aliphatic heterocycles. The zero-order valence-electron chi connectivity index (χ0n) is 18.6. The normalized spacial score (nSPS) is 12.6. The van der Waals surface area contributed by atoms with Gasteiger partial charge in [0.25, 0.3) is 5.91 Å². The zero-order valence-corrected chi connectivity index (χ0v) is 20.2. The molecular formula is C27H19ClN4O2S. The monoisotopic (exact) mass is 498 g/mol. The SMILES string of the molecule is N#C/C(=C\c1cc(Cl)ccc1OCc1ccc(C#N)cc1)C(=O)Nc1sc2c(c1C#N)CCCC2. The number of carbonyl (C=O) groups excluding carboxylic acids is 1. The van der Waals surface area contributed by atoms with Crippen molar-refractivity contribution in [1.29, 1.82) is 15.8 Å². The largest absolute Gasteiger partial charge is 0.488 e. The van der Waals surface area contributed by atoms with Crippen LogP contribution in [0.4, 0.5) is 5.00 Å². The number of nitrogens with zero attached hydrogens (tertiary/aromatic N) is 3. The lowest BCUT2D eigenvalue weighted by atomic mass is 9.96. The van der Waals surface area contributed by atoms with Crippen LogP contribution < -0.4 is 10.1 Å². The lowest BCUT2D eigenvalue weighted by Crippen LogP contribution is -2.13. The van der Waals surface area contributed by atoms with Gasteiger partial charge in [0, 0.05) is 15.5 Å². The van der Waals surface area contributed by atoms with Crippen LogP contribution in [0.25, 0.3) is 6.08 Å². The predicted octanol–water partition coefficient (Wildman–Crippen LogP) is 6.15. The molecule has 172 valence electrons. The van der Waals surface area contributed by atoms with Crippen LogP contribution >= 0.6 is 22.9 Å². The highest BCUT2D eigenvalue weighted by molar-refractivity contribution is 7.16. The van der Waals surface area contributed by atoms with Gasteiger partial charge in [0.15, 0.2) is 0 Å². The highest BCUT2D eigenvalue weighted by Crippen LogP contribution is 2.38. The number of nitrogens with one attached hydrogen (secondary N) is 1. The van der Waals surface area contributed by atoms with Crippen LogP contribution in [-0.2, 0) is 24.2 Å². The third kappa shape index (κ3) is 5.53. The second-order valence-corrected chi connectivity index (χ2v) is 9.47. The number of hydrogen-bond acceptors (Lipinski definition) is 6. The summed E-state index contributed by atoms with van der Waals surface area (Å²) >= 11 is 7.57. The molecule has 1 amide bonds. The highest BCUT2D eigenvalue weighted by atomic mass is 35.5. The van der Waals surface area contributed by atoms with Crippen LogP contribution in [0.15, 0.2) is 48.0 Å². The number of benzene rings is 2. The Bertz CT molecular complexity index is 1440. The van der Waals surface area contributed by atoms with Crippen molar-refractivity contribution in [3.05, 3.63) is 85.8 Å². The van der Waals surface area contributed by atoms with Gasteiger partial charge in [-0.15, -0.1) is 11.3 Å². The molecule has 0 radical (unpaired) electrons. The fourth-order valence-electron chi connectivity index (χ4n) is 3.85. The van der Waals surface area contributed by atoms with Gasteiger partial charge in [0.1, 0.15) is 35.1 Å². The topological polar surface area (TPSA) is 110 Å². The molecule has 2 aromatic carbocycles. The first-order valence-corrected chi connectivity index (χ1v) is 12.1. The van der Waals surface area contributed by atoms with Crippen molar-refractivity contribution in [3.8, 4) is 24.0 Å². The molecule has 0 saturated heterocycles. The molecule has 3 aromatic rings. The quantitative estimate of drug-likeness (QED) is 0.324. The number of anilines is 1. The molecule has 8 heteroatoms. The highest BCUT2D eigenvalue weighted by Gasteiger charge is 2.23. The Balaban J connectivity index is 1.56. The number of amides is 1. The molecule has 6 nitrogen and oxygen atoms in total. The Hall–Kier alpha value is -4.09. The van der Waals surface area contributed by atoms with Crippen LogP contribution in [-0.4, -0.2) is 5.91 Å². The summed E-state index contributed by atoms with van der Waals surface area (Å²) in [6.07, 6.45) is 5.24. The minimum Gasteiger partial charge on any atom is -0.488 e. The maximum atomic E-state index is 13.0. The Kier molecular flexibility index (Phi) is 7.48. The number of aryl methyl sites for hydroxylation is 1. The summed E-state index contributed by atoms with van der Waals surface area (Å²) in [6, 6.07) is 18.2. The number of fused-ring (bicyclic) bond motifs is 1. The maximum absolute atomic E-state index is 13.0. The number of thiophene rings is 1. The van der Waals surface area contributed by atoms with Crippen LogP contribution in [0.3, 0.4) is 0 Å². The molecule has 1 aromatic heterocycles. The van der Waals surface area contributed by atoms with E-state index in [2.05, 4.69) is 17.5 Å². The van der Waals surface area contributed by atoms with Gasteiger partial charge >= 0.3 is 0 Å². The minimum absolute atomic E-state index is 0.134. The average Bonchev–Trinajstić information content (AvgIpc) is 3.23. The Morgan fingerprint density at radius 3 is 2.57 bits per heavy atom. The number of rotatable bonds is 6. The second kappa shape index (κ2) is 10.9. The van der Waals surface area contributed by atoms with E-state index in [1.54, 1.807) is 42.5 Å². The number of halogens is 1. The number of carbonyl (C=O) groups is 1. The van der Waals surface area contributed by atoms with Crippen LogP contribution in [0.2, 0.25) is 5.02 Å². The second-order valence-electron chi connectivity index (χ2n) is 7.93. The lowest BCUT2D eigenvalue weighted by Gasteiger charge is -2.11. The zero-order chi connectivity index (χ0) is 24.8. The van der Waals surface area contributed by atoms with Crippen molar-refractivity contribution in [2.45, 2.75) is 32.3 Å². The maximum Gasteiger partial charge on any atom is 0.266 e. The number of nitriles is 3. The Labute approximate surface area is 212 Å². The summed E-state index contributed by atoms with van der Waals surface area (Å²) in [6.45, 7) is 0.231. The van der Waals surface area contributed by atoms with Crippen molar-refractivity contribution in [1.82, 2.24) is 0 Å². The molecule has 0 atom stereocenters. The molecule has 1 heterocycles. The van der Waals surface area contributed by atoms with Gasteiger partial charge < -0.3 is 10.1 Å². The summed E-state index contributed by atoms with van der Waals surface area (Å²) in [7, 11) is 0. The molecule has 0 fully saturated rings. The third-order valence-electron chi connectivity index (χ3n) is 5.62. The fraction of sp³-hybridized carbons (Fsp3) is 0.185. The molecule has 0 saturated carbocycles.